The Labute approximate surface area is 157 Å². The Bertz CT molecular complexity index is 1100. The first-order chi connectivity index (χ1) is 12.3. The molecule has 11 heteroatoms. The standard InChI is InChI=1S/C15H13N3O5S3/c1-23-13-6-4-10(8-12(13)18(19)20)26(21,22)17-9-3-5-11-14(7-9)25-15(16-11)24-2/h3-8,17H,1-2H3. The number of fused-ring (bicyclic) bond motifs is 1. The van der Waals surface area contributed by atoms with E-state index in [0.29, 0.717) is 5.69 Å². The lowest BCUT2D eigenvalue weighted by Gasteiger charge is -2.09. The number of nitro groups is 1. The molecule has 2 aromatic carbocycles. The Morgan fingerprint density at radius 1 is 1.27 bits per heavy atom. The van der Waals surface area contributed by atoms with Crippen LogP contribution in [-0.4, -0.2) is 31.7 Å². The molecule has 136 valence electrons. The Balaban J connectivity index is 1.96. The number of nitrogens with one attached hydrogen (secondary N) is 1. The number of ether oxygens (including phenoxy) is 1. The van der Waals surface area contributed by atoms with Crippen molar-refractivity contribution in [2.45, 2.75) is 9.24 Å². The molecule has 1 heterocycles. The van der Waals surface area contributed by atoms with Crippen molar-refractivity contribution in [3.05, 3.63) is 46.5 Å². The zero-order valence-corrected chi connectivity index (χ0v) is 16.1. The molecule has 3 rings (SSSR count). The quantitative estimate of drug-likeness (QED) is 0.374. The maximum Gasteiger partial charge on any atom is 0.312 e. The average molecular weight is 411 g/mol. The van der Waals surface area contributed by atoms with Crippen molar-refractivity contribution < 1.29 is 18.1 Å². The fourth-order valence-electron chi connectivity index (χ4n) is 2.25. The lowest BCUT2D eigenvalue weighted by Crippen LogP contribution is -2.13. The van der Waals surface area contributed by atoms with E-state index in [9.17, 15) is 18.5 Å². The third-order valence-corrected chi connectivity index (χ3v) is 6.84. The van der Waals surface area contributed by atoms with E-state index < -0.39 is 20.6 Å². The van der Waals surface area contributed by atoms with E-state index in [2.05, 4.69) is 9.71 Å². The number of rotatable bonds is 6. The zero-order chi connectivity index (χ0) is 18.9. The summed E-state index contributed by atoms with van der Waals surface area (Å²) in [6.07, 6.45) is 1.91. The average Bonchev–Trinajstić information content (AvgIpc) is 3.03. The van der Waals surface area contributed by atoms with Crippen LogP contribution in [0.4, 0.5) is 11.4 Å². The van der Waals surface area contributed by atoms with Crippen LogP contribution in [-0.2, 0) is 10.0 Å². The van der Waals surface area contributed by atoms with E-state index in [4.69, 9.17) is 4.74 Å². The van der Waals surface area contributed by atoms with Crippen molar-refractivity contribution in [3.8, 4) is 5.75 Å². The summed E-state index contributed by atoms with van der Waals surface area (Å²) in [5, 5.41) is 11.1. The van der Waals surface area contributed by atoms with Gasteiger partial charge in [0.15, 0.2) is 10.1 Å². The number of anilines is 1. The number of nitrogens with zero attached hydrogens (tertiary/aromatic N) is 2. The first-order valence-corrected chi connectivity index (χ1v) is 10.7. The van der Waals surface area contributed by atoms with E-state index in [1.165, 1.54) is 42.3 Å². The lowest BCUT2D eigenvalue weighted by atomic mass is 10.3. The molecule has 3 aromatic rings. The third-order valence-electron chi connectivity index (χ3n) is 3.45. The van der Waals surface area contributed by atoms with Gasteiger partial charge >= 0.3 is 5.69 Å². The molecule has 1 aromatic heterocycles. The molecule has 0 aliphatic heterocycles. The second-order valence-corrected chi connectivity index (χ2v) is 8.83. The minimum atomic E-state index is -3.99. The maximum atomic E-state index is 12.6. The van der Waals surface area contributed by atoms with E-state index in [1.807, 2.05) is 6.26 Å². The predicted octanol–water partition coefficient (Wildman–Crippen LogP) is 3.74. The van der Waals surface area contributed by atoms with Crippen LogP contribution < -0.4 is 9.46 Å². The Hall–Kier alpha value is -2.37. The molecule has 0 spiro atoms. The molecule has 0 atom stereocenters. The number of sulfonamides is 1. The van der Waals surface area contributed by atoms with Crippen LogP contribution in [0.25, 0.3) is 10.2 Å². The van der Waals surface area contributed by atoms with Gasteiger partial charge in [0.2, 0.25) is 0 Å². The summed E-state index contributed by atoms with van der Waals surface area (Å²) in [6, 6.07) is 8.48. The van der Waals surface area contributed by atoms with Gasteiger partial charge < -0.3 is 4.74 Å². The van der Waals surface area contributed by atoms with Crippen LogP contribution in [0.5, 0.6) is 5.75 Å². The highest BCUT2D eigenvalue weighted by Gasteiger charge is 2.22. The van der Waals surface area contributed by atoms with E-state index in [0.717, 1.165) is 20.6 Å². The van der Waals surface area contributed by atoms with Crippen LogP contribution in [0.2, 0.25) is 0 Å². The summed E-state index contributed by atoms with van der Waals surface area (Å²) >= 11 is 2.97. The summed E-state index contributed by atoms with van der Waals surface area (Å²) in [5.74, 6) is -0.00961. The second-order valence-electron chi connectivity index (χ2n) is 5.06. The van der Waals surface area contributed by atoms with Crippen LogP contribution in [0.15, 0.2) is 45.6 Å². The molecule has 0 fully saturated rings. The molecule has 0 radical (unpaired) electrons. The van der Waals surface area contributed by atoms with Crippen molar-refractivity contribution in [2.75, 3.05) is 18.1 Å². The van der Waals surface area contributed by atoms with Crippen molar-refractivity contribution in [3.63, 3.8) is 0 Å². The minimum absolute atomic E-state index is 0.00961. The van der Waals surface area contributed by atoms with Gasteiger partial charge in [-0.2, -0.15) is 0 Å². The Kier molecular flexibility index (Phi) is 5.03. The summed E-state index contributed by atoms with van der Waals surface area (Å²) < 4.78 is 34.2. The Morgan fingerprint density at radius 3 is 2.69 bits per heavy atom. The number of benzene rings is 2. The third kappa shape index (κ3) is 3.59. The van der Waals surface area contributed by atoms with Crippen LogP contribution >= 0.6 is 23.1 Å². The number of thiazole rings is 1. The predicted molar refractivity (Wildman–Crippen MR) is 102 cm³/mol. The summed E-state index contributed by atoms with van der Waals surface area (Å²) in [6.45, 7) is 0. The van der Waals surface area contributed by atoms with Gasteiger partial charge in [0, 0.05) is 6.07 Å². The molecule has 0 saturated heterocycles. The highest BCUT2D eigenvalue weighted by Crippen LogP contribution is 2.32. The van der Waals surface area contributed by atoms with Gasteiger partial charge in [0.1, 0.15) is 0 Å². The lowest BCUT2D eigenvalue weighted by molar-refractivity contribution is -0.386. The zero-order valence-electron chi connectivity index (χ0n) is 13.6. The molecule has 0 amide bonds. The van der Waals surface area contributed by atoms with Gasteiger partial charge in [-0.1, -0.05) is 11.8 Å². The number of nitro benzene ring substituents is 1. The van der Waals surface area contributed by atoms with E-state index in [-0.39, 0.29) is 10.6 Å². The Morgan fingerprint density at radius 2 is 2.04 bits per heavy atom. The molecular formula is C15H13N3O5S3. The van der Waals surface area contributed by atoms with Crippen molar-refractivity contribution in [1.29, 1.82) is 0 Å². The van der Waals surface area contributed by atoms with Crippen LogP contribution in [0.3, 0.4) is 0 Å². The van der Waals surface area contributed by atoms with E-state index >= 15 is 0 Å². The molecule has 0 unspecified atom stereocenters. The number of methoxy groups -OCH3 is 1. The molecule has 0 aliphatic rings. The number of aromatic nitrogens is 1. The minimum Gasteiger partial charge on any atom is -0.490 e. The van der Waals surface area contributed by atoms with Gasteiger partial charge in [-0.05, 0) is 36.6 Å². The molecule has 8 nitrogen and oxygen atoms in total. The van der Waals surface area contributed by atoms with Crippen molar-refractivity contribution >= 4 is 54.7 Å². The molecule has 26 heavy (non-hydrogen) atoms. The normalized spacial score (nSPS) is 11.5. The summed E-state index contributed by atoms with van der Waals surface area (Å²) in [5.41, 5.74) is 0.715. The smallest absolute Gasteiger partial charge is 0.312 e. The van der Waals surface area contributed by atoms with Crippen molar-refractivity contribution in [2.24, 2.45) is 0 Å². The summed E-state index contributed by atoms with van der Waals surface area (Å²) in [7, 11) is -2.71. The maximum absolute atomic E-state index is 12.6. The fourth-order valence-corrected chi connectivity index (χ4v) is 4.85. The first-order valence-electron chi connectivity index (χ1n) is 7.14. The SMILES string of the molecule is COc1ccc(S(=O)(=O)Nc2ccc3nc(SC)sc3c2)cc1[N+](=O)[O-]. The van der Waals surface area contributed by atoms with Crippen LogP contribution in [0.1, 0.15) is 0 Å². The molecule has 0 bridgehead atoms. The highest BCUT2D eigenvalue weighted by molar-refractivity contribution is 8.00. The fraction of sp³-hybridized carbons (Fsp3) is 0.133. The monoisotopic (exact) mass is 411 g/mol. The van der Waals surface area contributed by atoms with E-state index in [1.54, 1.807) is 18.2 Å². The largest absolute Gasteiger partial charge is 0.490 e. The topological polar surface area (TPSA) is 111 Å². The molecule has 0 saturated carbocycles. The van der Waals surface area contributed by atoms with Crippen LogP contribution in [0, 0.1) is 10.1 Å². The molecule has 0 aliphatic carbocycles. The second kappa shape index (κ2) is 7.09. The van der Waals surface area contributed by atoms with Gasteiger partial charge in [0.25, 0.3) is 10.0 Å². The summed E-state index contributed by atoms with van der Waals surface area (Å²) in [4.78, 5) is 14.6. The van der Waals surface area contributed by atoms with Crippen molar-refractivity contribution in [1.82, 2.24) is 4.98 Å². The highest BCUT2D eigenvalue weighted by atomic mass is 32.2. The van der Waals surface area contributed by atoms with Gasteiger partial charge in [-0.15, -0.1) is 11.3 Å². The molecular weight excluding hydrogens is 398 g/mol. The first kappa shape index (κ1) is 18.4. The van der Waals surface area contributed by atoms with Gasteiger partial charge in [0.05, 0.1) is 32.8 Å². The number of hydrogen-bond donors (Lipinski definition) is 1. The number of hydrogen-bond acceptors (Lipinski definition) is 8. The van der Waals surface area contributed by atoms with Gasteiger partial charge in [-0.25, -0.2) is 13.4 Å². The van der Waals surface area contributed by atoms with Gasteiger partial charge in [-0.3, -0.25) is 14.8 Å². The molecule has 1 N–H and O–H groups in total. The number of thioether (sulfide) groups is 1.